The average molecular weight is 404 g/mol. The van der Waals surface area contributed by atoms with Crippen LogP contribution in [-0.2, 0) is 0 Å². The van der Waals surface area contributed by atoms with Crippen LogP contribution in [0.3, 0.4) is 0 Å². The number of halogens is 2. The Kier molecular flexibility index (Phi) is 5.95. The van der Waals surface area contributed by atoms with Gasteiger partial charge in [-0.25, -0.2) is 0 Å². The van der Waals surface area contributed by atoms with Crippen LogP contribution in [0.25, 0.3) is 12.2 Å². The van der Waals surface area contributed by atoms with Gasteiger partial charge in [0.05, 0.1) is 16.3 Å². The Morgan fingerprint density at radius 1 is 1.21 bits per heavy atom. The number of thiazole rings is 1. The lowest BCUT2D eigenvalue weighted by molar-refractivity contribution is -0.0512. The highest BCUT2D eigenvalue weighted by Gasteiger charge is 2.11. The van der Waals surface area contributed by atoms with Gasteiger partial charge in [0.25, 0.3) is 5.56 Å². The summed E-state index contributed by atoms with van der Waals surface area (Å²) in [6.45, 7) is -3.00. The molecule has 0 aliphatic carbocycles. The number of aromatic nitrogens is 2. The number of carbonyl (C=O) groups is 1. The summed E-state index contributed by atoms with van der Waals surface area (Å²) in [4.78, 5) is 30.8. The molecule has 0 saturated heterocycles. The molecule has 6 nitrogen and oxygen atoms in total. The highest BCUT2D eigenvalue weighted by atomic mass is 32.1. The van der Waals surface area contributed by atoms with Gasteiger partial charge in [-0.2, -0.15) is 8.78 Å². The standard InChI is InChI=1S/C19H14F2N2O4S/c1-26-14-3-2-11(8-15(14)27-19(20)21)9-16-18(25)23-17(28-16)10-13(24)12-4-6-22-7-5-12/h2-10,19H,1H3,(H,23,25)/b16-9+,17-10-. The minimum Gasteiger partial charge on any atom is -0.493 e. The monoisotopic (exact) mass is 404 g/mol. The Balaban J connectivity index is 1.97. The quantitative estimate of drug-likeness (QED) is 0.635. The van der Waals surface area contributed by atoms with E-state index in [4.69, 9.17) is 4.74 Å². The van der Waals surface area contributed by atoms with Crippen molar-refractivity contribution in [1.82, 2.24) is 9.97 Å². The van der Waals surface area contributed by atoms with E-state index in [2.05, 4.69) is 14.7 Å². The molecule has 144 valence electrons. The number of rotatable bonds is 6. The minimum absolute atomic E-state index is 0.140. The second-order valence-electron chi connectivity index (χ2n) is 5.46. The molecule has 1 aromatic carbocycles. The molecular formula is C19H14F2N2O4S. The van der Waals surface area contributed by atoms with Crippen molar-refractivity contribution < 1.29 is 23.0 Å². The van der Waals surface area contributed by atoms with Crippen molar-refractivity contribution in [3.05, 3.63) is 73.4 Å². The number of hydrogen-bond donors (Lipinski definition) is 1. The number of methoxy groups -OCH3 is 1. The van der Waals surface area contributed by atoms with Crippen LogP contribution in [0.1, 0.15) is 15.9 Å². The highest BCUT2D eigenvalue weighted by Crippen LogP contribution is 2.29. The molecule has 0 atom stereocenters. The van der Waals surface area contributed by atoms with Crippen molar-refractivity contribution in [1.29, 1.82) is 0 Å². The number of aromatic amines is 1. The van der Waals surface area contributed by atoms with E-state index in [1.54, 1.807) is 18.2 Å². The number of benzene rings is 1. The van der Waals surface area contributed by atoms with Crippen molar-refractivity contribution >= 4 is 29.3 Å². The first-order valence-electron chi connectivity index (χ1n) is 7.96. The van der Waals surface area contributed by atoms with Gasteiger partial charge in [-0.05, 0) is 35.9 Å². The van der Waals surface area contributed by atoms with Crippen LogP contribution < -0.4 is 24.2 Å². The fourth-order valence-corrected chi connectivity index (χ4v) is 3.25. The van der Waals surface area contributed by atoms with Gasteiger partial charge in [0.15, 0.2) is 17.3 Å². The summed E-state index contributed by atoms with van der Waals surface area (Å²) in [6, 6.07) is 7.54. The van der Waals surface area contributed by atoms with Crippen molar-refractivity contribution in [2.24, 2.45) is 0 Å². The number of alkyl halides is 2. The van der Waals surface area contributed by atoms with Crippen molar-refractivity contribution in [2.75, 3.05) is 7.11 Å². The molecule has 1 N–H and O–H groups in total. The van der Waals surface area contributed by atoms with E-state index in [9.17, 15) is 18.4 Å². The minimum atomic E-state index is -3.00. The van der Waals surface area contributed by atoms with Crippen LogP contribution in [-0.4, -0.2) is 29.5 Å². The third kappa shape index (κ3) is 4.68. The molecule has 9 heteroatoms. The highest BCUT2D eigenvalue weighted by molar-refractivity contribution is 7.07. The van der Waals surface area contributed by atoms with E-state index in [0.717, 1.165) is 11.3 Å². The van der Waals surface area contributed by atoms with Crippen LogP contribution in [0, 0.1) is 0 Å². The number of pyridine rings is 1. The molecule has 28 heavy (non-hydrogen) atoms. The zero-order valence-electron chi connectivity index (χ0n) is 14.5. The Morgan fingerprint density at radius 2 is 1.96 bits per heavy atom. The molecule has 0 fully saturated rings. The maximum absolute atomic E-state index is 12.5. The van der Waals surface area contributed by atoms with Gasteiger partial charge in [0, 0.05) is 24.0 Å². The van der Waals surface area contributed by atoms with Crippen LogP contribution >= 0.6 is 11.3 Å². The maximum Gasteiger partial charge on any atom is 0.387 e. The Labute approximate surface area is 161 Å². The third-order valence-electron chi connectivity index (χ3n) is 3.61. The molecule has 0 aliphatic heterocycles. The summed E-state index contributed by atoms with van der Waals surface area (Å²) in [7, 11) is 1.34. The first-order valence-corrected chi connectivity index (χ1v) is 8.77. The molecular weight excluding hydrogens is 390 g/mol. The number of carbonyl (C=O) groups excluding carboxylic acids is 1. The summed E-state index contributed by atoms with van der Waals surface area (Å²) in [5.74, 6) is -0.267. The van der Waals surface area contributed by atoms with E-state index in [-0.39, 0.29) is 17.3 Å². The van der Waals surface area contributed by atoms with E-state index in [1.807, 2.05) is 0 Å². The summed E-state index contributed by atoms with van der Waals surface area (Å²) < 4.78 is 35.2. The van der Waals surface area contributed by atoms with Gasteiger partial charge >= 0.3 is 6.61 Å². The lowest BCUT2D eigenvalue weighted by atomic mass is 10.2. The van der Waals surface area contributed by atoms with Gasteiger partial charge in [-0.3, -0.25) is 14.6 Å². The number of Topliss-reactive ketones (excluding diaryl/α,β-unsaturated/α-hetero) is 1. The van der Waals surface area contributed by atoms with Gasteiger partial charge in [-0.1, -0.05) is 6.07 Å². The lowest BCUT2D eigenvalue weighted by Crippen LogP contribution is -2.20. The molecule has 0 aliphatic rings. The number of nitrogens with zero attached hydrogens (tertiary/aromatic N) is 1. The van der Waals surface area contributed by atoms with E-state index in [0.29, 0.717) is 20.3 Å². The largest absolute Gasteiger partial charge is 0.493 e. The van der Waals surface area contributed by atoms with Gasteiger partial charge < -0.3 is 14.5 Å². The average Bonchev–Trinajstić information content (AvgIpc) is 3.01. The summed E-state index contributed by atoms with van der Waals surface area (Å²) in [6.07, 6.45) is 5.83. The Hall–Kier alpha value is -3.33. The molecule has 0 bridgehead atoms. The molecule has 0 unspecified atom stereocenters. The van der Waals surface area contributed by atoms with Crippen LogP contribution in [0.4, 0.5) is 8.78 Å². The third-order valence-corrected chi connectivity index (χ3v) is 4.57. The molecule has 0 saturated carbocycles. The second-order valence-corrected chi connectivity index (χ2v) is 6.55. The fraction of sp³-hybridized carbons (Fsp3) is 0.105. The zero-order valence-corrected chi connectivity index (χ0v) is 15.3. The van der Waals surface area contributed by atoms with E-state index < -0.39 is 12.2 Å². The molecule has 0 spiro atoms. The number of nitrogens with one attached hydrogen (secondary N) is 1. The first-order chi connectivity index (χ1) is 13.5. The number of hydrogen-bond acceptors (Lipinski definition) is 6. The number of ether oxygens (including phenoxy) is 2. The lowest BCUT2D eigenvalue weighted by Gasteiger charge is -2.10. The van der Waals surface area contributed by atoms with Crippen molar-refractivity contribution in [2.45, 2.75) is 6.61 Å². The summed E-state index contributed by atoms with van der Waals surface area (Å²) in [5, 5.41) is 0. The summed E-state index contributed by atoms with van der Waals surface area (Å²) in [5.41, 5.74) is 0.514. The molecule has 0 radical (unpaired) electrons. The van der Waals surface area contributed by atoms with Crippen LogP contribution in [0.2, 0.25) is 0 Å². The Bertz CT molecular complexity index is 1160. The molecule has 2 aromatic heterocycles. The predicted octanol–water partition coefficient (Wildman–Crippen LogP) is 1.93. The normalized spacial score (nSPS) is 12.4. The zero-order chi connectivity index (χ0) is 20.1. The van der Waals surface area contributed by atoms with Crippen molar-refractivity contribution in [3.63, 3.8) is 0 Å². The van der Waals surface area contributed by atoms with Crippen LogP contribution in [0.15, 0.2) is 47.5 Å². The molecule has 2 heterocycles. The van der Waals surface area contributed by atoms with Gasteiger partial charge in [-0.15, -0.1) is 11.3 Å². The molecule has 3 aromatic rings. The van der Waals surface area contributed by atoms with E-state index >= 15 is 0 Å². The van der Waals surface area contributed by atoms with E-state index in [1.165, 1.54) is 43.8 Å². The summed E-state index contributed by atoms with van der Waals surface area (Å²) >= 11 is 1.07. The Morgan fingerprint density at radius 3 is 2.64 bits per heavy atom. The second kappa shape index (κ2) is 8.57. The van der Waals surface area contributed by atoms with Crippen LogP contribution in [0.5, 0.6) is 11.5 Å². The number of H-pyrrole nitrogens is 1. The maximum atomic E-state index is 12.5. The smallest absolute Gasteiger partial charge is 0.387 e. The fourth-order valence-electron chi connectivity index (χ4n) is 2.37. The number of ketones is 1. The molecule has 0 amide bonds. The SMILES string of the molecule is COc1ccc(/C=c2/s/c(=C\C(=O)c3ccncc3)[nH]c2=O)cc1OC(F)F. The first kappa shape index (κ1) is 19.4. The van der Waals surface area contributed by atoms with Gasteiger partial charge in [0.2, 0.25) is 0 Å². The predicted molar refractivity (Wildman–Crippen MR) is 100 cm³/mol. The van der Waals surface area contributed by atoms with Crippen molar-refractivity contribution in [3.8, 4) is 11.5 Å². The molecule has 3 rings (SSSR count). The topological polar surface area (TPSA) is 81.3 Å². The van der Waals surface area contributed by atoms with Gasteiger partial charge in [0.1, 0.15) is 0 Å².